The van der Waals surface area contributed by atoms with Crippen LogP contribution in [0.15, 0.2) is 0 Å². The van der Waals surface area contributed by atoms with Gasteiger partial charge in [0.1, 0.15) is 0 Å². The monoisotopic (exact) mass is 649 g/mol. The molecule has 2 atom stereocenters. The summed E-state index contributed by atoms with van der Waals surface area (Å²) in [7, 11) is 0. The summed E-state index contributed by atoms with van der Waals surface area (Å²) in [5.74, 6) is -1.28. The Labute approximate surface area is 278 Å². The molecule has 4 N–H and O–H groups in total. The predicted octanol–water partition coefficient (Wildman–Crippen LogP) is 9.52. The molecule has 0 spiro atoms. The van der Waals surface area contributed by atoms with Crippen LogP contribution in [-0.2, 0) is 19.1 Å². The number of rotatable bonds is 35. The van der Waals surface area contributed by atoms with Crippen LogP contribution in [0.4, 0.5) is 0 Å². The number of aliphatic carboxylic acids is 1. The number of nitrogens with one attached hydrogen (secondary N) is 1. The van der Waals surface area contributed by atoms with E-state index in [0.29, 0.717) is 26.4 Å². The van der Waals surface area contributed by atoms with Crippen molar-refractivity contribution < 1.29 is 24.2 Å². The van der Waals surface area contributed by atoms with Gasteiger partial charge >= 0.3 is 5.97 Å². The van der Waals surface area contributed by atoms with Gasteiger partial charge in [-0.2, -0.15) is 0 Å². The summed E-state index contributed by atoms with van der Waals surface area (Å²) in [5.41, 5.74) is 5.86. The molecule has 8 heteroatoms. The minimum absolute atomic E-state index is 0. The third-order valence-electron chi connectivity index (χ3n) is 8.31. The second-order valence-electron chi connectivity index (χ2n) is 12.6. The molecule has 0 saturated carbocycles. The van der Waals surface area contributed by atoms with E-state index in [4.69, 9.17) is 20.3 Å². The number of carbonyl (C=O) groups excluding carboxylic acids is 1. The van der Waals surface area contributed by atoms with E-state index in [-0.39, 0.29) is 37.3 Å². The average molecular weight is 649 g/mol. The summed E-state index contributed by atoms with van der Waals surface area (Å²) in [6.07, 6.45) is 31.2. The van der Waals surface area contributed by atoms with Crippen molar-refractivity contribution in [3.05, 3.63) is 0 Å². The highest BCUT2D eigenvalue weighted by molar-refractivity contribution is 5.85. The zero-order chi connectivity index (χ0) is 31.6. The minimum atomic E-state index is -0.946. The number of nitrogens with two attached hydrogens (primary N) is 1. The summed E-state index contributed by atoms with van der Waals surface area (Å²) < 4.78 is 12.0. The Morgan fingerprint density at radius 3 is 1.43 bits per heavy atom. The van der Waals surface area contributed by atoms with Crippen LogP contribution < -0.4 is 11.1 Å². The van der Waals surface area contributed by atoms with Crippen molar-refractivity contribution >= 4 is 24.3 Å². The Hall–Kier alpha value is -0.890. The zero-order valence-electron chi connectivity index (χ0n) is 28.9. The lowest BCUT2D eigenvalue weighted by Crippen LogP contribution is -2.45. The highest BCUT2D eigenvalue weighted by atomic mass is 35.5. The first kappa shape index (κ1) is 45.2. The van der Waals surface area contributed by atoms with Crippen LogP contribution in [0.5, 0.6) is 0 Å². The number of hydrogen-bond acceptors (Lipinski definition) is 5. The van der Waals surface area contributed by atoms with Crippen LogP contribution in [-0.4, -0.2) is 55.5 Å². The number of hydrogen-bond donors (Lipinski definition) is 3. The summed E-state index contributed by atoms with van der Waals surface area (Å²) in [6.45, 7) is 6.68. The Kier molecular flexibility index (Phi) is 37.6. The predicted molar refractivity (Wildman–Crippen MR) is 188 cm³/mol. The van der Waals surface area contributed by atoms with Gasteiger partial charge in [-0.3, -0.25) is 9.59 Å². The van der Waals surface area contributed by atoms with Crippen LogP contribution >= 0.6 is 12.4 Å². The molecule has 0 saturated heterocycles. The molecule has 0 aliphatic carbocycles. The van der Waals surface area contributed by atoms with Crippen molar-refractivity contribution in [3.8, 4) is 0 Å². The number of ether oxygens (including phenoxy) is 2. The molecule has 0 aliphatic rings. The standard InChI is InChI=1S/C36H72N2O5.ClH/c1-3-5-7-9-11-13-15-17-19-21-23-25-29-42-32-33(31-38-36(41)34(37)27-28-35(39)40)43-30-26-24-22-20-18-16-14-12-10-8-6-4-2;/h33-34H,3-32,37H2,1-2H3,(H,38,41)(H,39,40);1H. The summed E-state index contributed by atoms with van der Waals surface area (Å²) >= 11 is 0. The molecule has 0 aromatic carbocycles. The first-order valence-corrected chi connectivity index (χ1v) is 18.5. The van der Waals surface area contributed by atoms with Crippen LogP contribution in [0.2, 0.25) is 0 Å². The van der Waals surface area contributed by atoms with Crippen molar-refractivity contribution in [2.75, 3.05) is 26.4 Å². The van der Waals surface area contributed by atoms with E-state index < -0.39 is 12.0 Å². The lowest BCUT2D eigenvalue weighted by molar-refractivity contribution is -0.137. The molecule has 264 valence electrons. The van der Waals surface area contributed by atoms with Gasteiger partial charge < -0.3 is 25.6 Å². The van der Waals surface area contributed by atoms with Crippen molar-refractivity contribution in [3.63, 3.8) is 0 Å². The number of unbranched alkanes of at least 4 members (excludes halogenated alkanes) is 22. The van der Waals surface area contributed by atoms with Gasteiger partial charge in [0.25, 0.3) is 0 Å². The van der Waals surface area contributed by atoms with Crippen LogP contribution in [0.3, 0.4) is 0 Å². The Morgan fingerprint density at radius 2 is 1.02 bits per heavy atom. The fourth-order valence-electron chi connectivity index (χ4n) is 5.37. The first-order chi connectivity index (χ1) is 21.0. The molecule has 0 fully saturated rings. The number of halogens is 1. The molecule has 0 radical (unpaired) electrons. The molecule has 0 bridgehead atoms. The van der Waals surface area contributed by atoms with Gasteiger partial charge in [-0.15, -0.1) is 12.4 Å². The molecule has 0 rings (SSSR count). The maximum atomic E-state index is 12.3. The second kappa shape index (κ2) is 36.6. The Morgan fingerprint density at radius 1 is 0.636 bits per heavy atom. The van der Waals surface area contributed by atoms with Gasteiger partial charge in [-0.25, -0.2) is 0 Å². The van der Waals surface area contributed by atoms with Crippen LogP contribution in [0.25, 0.3) is 0 Å². The second-order valence-corrected chi connectivity index (χ2v) is 12.6. The highest BCUT2D eigenvalue weighted by Crippen LogP contribution is 2.13. The minimum Gasteiger partial charge on any atom is -0.481 e. The molecule has 0 heterocycles. The van der Waals surface area contributed by atoms with Crippen molar-refractivity contribution in [1.29, 1.82) is 0 Å². The lowest BCUT2D eigenvalue weighted by Gasteiger charge is -2.20. The average Bonchev–Trinajstić information content (AvgIpc) is 3.00. The fraction of sp³-hybridized carbons (Fsp3) is 0.944. The van der Waals surface area contributed by atoms with Gasteiger partial charge in [0, 0.05) is 26.2 Å². The molecule has 44 heavy (non-hydrogen) atoms. The quantitative estimate of drug-likeness (QED) is 0.0590. The molecular weight excluding hydrogens is 576 g/mol. The smallest absolute Gasteiger partial charge is 0.303 e. The summed E-state index contributed by atoms with van der Waals surface area (Å²) in [4.78, 5) is 23.1. The highest BCUT2D eigenvalue weighted by Gasteiger charge is 2.17. The largest absolute Gasteiger partial charge is 0.481 e. The fourth-order valence-corrected chi connectivity index (χ4v) is 5.37. The third kappa shape index (κ3) is 34.0. The molecule has 7 nitrogen and oxygen atoms in total. The van der Waals surface area contributed by atoms with Crippen LogP contribution in [0, 0.1) is 0 Å². The van der Waals surface area contributed by atoms with Crippen molar-refractivity contribution in [1.82, 2.24) is 5.32 Å². The number of amides is 1. The number of carbonyl (C=O) groups is 2. The van der Waals surface area contributed by atoms with E-state index >= 15 is 0 Å². The van der Waals surface area contributed by atoms with Crippen LogP contribution in [0.1, 0.15) is 181 Å². The summed E-state index contributed by atoms with van der Waals surface area (Å²) in [6, 6.07) is -0.824. The first-order valence-electron chi connectivity index (χ1n) is 18.5. The van der Waals surface area contributed by atoms with Gasteiger partial charge in [-0.05, 0) is 19.3 Å². The van der Waals surface area contributed by atoms with E-state index in [1.807, 2.05) is 0 Å². The molecular formula is C36H73ClN2O5. The molecule has 1 amide bonds. The third-order valence-corrected chi connectivity index (χ3v) is 8.31. The van der Waals surface area contributed by atoms with Gasteiger partial charge in [0.15, 0.2) is 0 Å². The van der Waals surface area contributed by atoms with E-state index in [2.05, 4.69) is 19.2 Å². The normalized spacial score (nSPS) is 12.5. The van der Waals surface area contributed by atoms with Crippen molar-refractivity contribution in [2.24, 2.45) is 5.73 Å². The van der Waals surface area contributed by atoms with Gasteiger partial charge in [0.2, 0.25) is 5.91 Å². The maximum absolute atomic E-state index is 12.3. The molecule has 0 aromatic rings. The van der Waals surface area contributed by atoms with E-state index in [9.17, 15) is 9.59 Å². The Bertz CT molecular complexity index is 611. The zero-order valence-corrected chi connectivity index (χ0v) is 29.8. The summed E-state index contributed by atoms with van der Waals surface area (Å²) in [5, 5.41) is 11.7. The lowest BCUT2D eigenvalue weighted by atomic mass is 10.1. The van der Waals surface area contributed by atoms with Gasteiger partial charge in [0.05, 0.1) is 18.8 Å². The van der Waals surface area contributed by atoms with E-state index in [0.717, 1.165) is 19.3 Å². The molecule has 2 unspecified atom stereocenters. The number of carboxylic acids is 1. The maximum Gasteiger partial charge on any atom is 0.303 e. The van der Waals surface area contributed by atoms with E-state index in [1.165, 1.54) is 135 Å². The van der Waals surface area contributed by atoms with E-state index in [1.54, 1.807) is 0 Å². The van der Waals surface area contributed by atoms with Crippen molar-refractivity contribution in [2.45, 2.75) is 193 Å². The molecule has 0 aliphatic heterocycles. The Balaban J connectivity index is 0. The molecule has 0 aromatic heterocycles. The SMILES string of the molecule is CCCCCCCCCCCCCCOCC(CNC(=O)C(N)CCC(=O)O)OCCCCCCCCCCCCCC.Cl. The topological polar surface area (TPSA) is 111 Å². The van der Waals surface area contributed by atoms with Gasteiger partial charge in [-0.1, -0.05) is 155 Å². The number of carboxylic acid groups (broad SMARTS) is 1.